The van der Waals surface area contributed by atoms with Crippen molar-refractivity contribution in [3.8, 4) is 0 Å². The third-order valence-electron chi connectivity index (χ3n) is 4.80. The number of ether oxygens (including phenoxy) is 1. The molecule has 1 aliphatic heterocycles. The molecule has 0 aromatic carbocycles. The molecule has 2 aromatic heterocycles. The molecule has 18 nitrogen and oxygen atoms in total. The van der Waals surface area contributed by atoms with E-state index in [2.05, 4.69) is 40.7 Å². The Morgan fingerprint density at radius 2 is 1.75 bits per heavy atom. The molecule has 1 saturated heterocycles. The fourth-order valence-corrected chi connectivity index (χ4v) is 6.61. The number of unbranched alkanes of at least 4 members (excludes halogenated alkanes) is 1. The van der Waals surface area contributed by atoms with Gasteiger partial charge in [0.15, 0.2) is 23.2 Å². The molecule has 2 aromatic rings. The Kier molecular flexibility index (Phi) is 9.35. The Labute approximate surface area is 208 Å². The summed E-state index contributed by atoms with van der Waals surface area (Å²) in [5, 5.41) is 21.1. The quantitative estimate of drug-likeness (QED) is 0.0882. The molecule has 6 atom stereocenters. The fourth-order valence-electron chi connectivity index (χ4n) is 3.36. The van der Waals surface area contributed by atoms with Crippen molar-refractivity contribution in [2.24, 2.45) is 0 Å². The second-order valence-electron chi connectivity index (χ2n) is 7.44. The summed E-state index contributed by atoms with van der Waals surface area (Å²) < 4.78 is 53.0. The number of nitrogens with zero attached hydrogens (tertiary/aromatic N) is 4. The lowest BCUT2D eigenvalue weighted by molar-refractivity contribution is -0.0515. The van der Waals surface area contributed by atoms with Crippen LogP contribution in [0.1, 0.15) is 24.9 Å². The van der Waals surface area contributed by atoms with Gasteiger partial charge in [-0.1, -0.05) is 0 Å². The highest BCUT2D eigenvalue weighted by atomic mass is 32.1. The van der Waals surface area contributed by atoms with Gasteiger partial charge in [0, 0.05) is 6.42 Å². The topological polar surface area (TPSA) is 279 Å². The minimum atomic E-state index is -5.73. The standard InChI is InChI=1S/C14H24N5O13P3S/c15-12-9-13(17-6-16-12)19(8(18-9)3-1-2-4-36)14-11(21)10(20)7(30-14)5-29-34(25,26)32-35(27,28)31-33(22,23)24/h6-7,10-11,14,20-21,36H,1-5H2,(H,25,26)(H,27,28)(H2,15,16,17)(H2,22,23,24)/t7-,10?,11?,14-/m1/s1. The van der Waals surface area contributed by atoms with Gasteiger partial charge in [0.1, 0.15) is 30.5 Å². The predicted octanol–water partition coefficient (Wildman–Crippen LogP) is -0.377. The fraction of sp³-hybridized carbons (Fsp3) is 0.643. The summed E-state index contributed by atoms with van der Waals surface area (Å²) in [6, 6.07) is 0. The number of rotatable bonds is 12. The second-order valence-corrected chi connectivity index (χ2v) is 12.3. The number of aliphatic hydroxyl groups is 2. The smallest absolute Gasteiger partial charge is 0.387 e. The number of nitrogens with two attached hydrogens (primary N) is 1. The van der Waals surface area contributed by atoms with Crippen LogP contribution in [0.15, 0.2) is 6.33 Å². The summed E-state index contributed by atoms with van der Waals surface area (Å²) in [6.45, 7) is -0.961. The Hall–Kier alpha value is -1.01. The Morgan fingerprint density at radius 3 is 2.39 bits per heavy atom. The lowest BCUT2D eigenvalue weighted by atomic mass is 10.1. The molecule has 1 fully saturated rings. The van der Waals surface area contributed by atoms with Gasteiger partial charge in [0.25, 0.3) is 0 Å². The Balaban J connectivity index is 1.79. The highest BCUT2D eigenvalue weighted by molar-refractivity contribution is 7.80. The number of fused-ring (bicyclic) bond motifs is 1. The number of imidazole rings is 1. The molecule has 0 aliphatic carbocycles. The number of aromatic nitrogens is 4. The molecular formula is C14H24N5O13P3S. The third-order valence-corrected chi connectivity index (χ3v) is 8.92. The molecule has 22 heteroatoms. The number of phosphoric acid groups is 3. The van der Waals surface area contributed by atoms with E-state index in [4.69, 9.17) is 20.3 Å². The van der Waals surface area contributed by atoms with E-state index in [9.17, 15) is 33.7 Å². The molecule has 0 amide bonds. The molecule has 4 unspecified atom stereocenters. The highest BCUT2D eigenvalue weighted by Crippen LogP contribution is 2.66. The van der Waals surface area contributed by atoms with Gasteiger partial charge in [-0.2, -0.15) is 21.3 Å². The van der Waals surface area contributed by atoms with Crippen molar-refractivity contribution >= 4 is 53.1 Å². The predicted molar refractivity (Wildman–Crippen MR) is 122 cm³/mol. The van der Waals surface area contributed by atoms with Crippen LogP contribution in [0.5, 0.6) is 0 Å². The van der Waals surface area contributed by atoms with Crippen molar-refractivity contribution < 1.29 is 61.4 Å². The maximum atomic E-state index is 12.0. The number of nitrogen functional groups attached to an aromatic ring is 1. The average Bonchev–Trinajstić information content (AvgIpc) is 3.22. The molecule has 1 aliphatic rings. The van der Waals surface area contributed by atoms with E-state index in [0.29, 0.717) is 24.4 Å². The highest BCUT2D eigenvalue weighted by Gasteiger charge is 2.47. The zero-order chi connectivity index (χ0) is 26.9. The van der Waals surface area contributed by atoms with Crippen LogP contribution in [0, 0.1) is 0 Å². The molecule has 0 bridgehead atoms. The summed E-state index contributed by atoms with van der Waals surface area (Å²) in [5.41, 5.74) is 6.29. The molecule has 3 heterocycles. The first-order chi connectivity index (χ1) is 16.6. The SMILES string of the molecule is Nc1ncnc2c1nc(CCCCS)n2[C@@H]1O[C@H](COP(=O)(O)OP(=O)(O)OP(=O)(O)O)C(O)C1O. The van der Waals surface area contributed by atoms with Crippen molar-refractivity contribution in [3.63, 3.8) is 0 Å². The van der Waals surface area contributed by atoms with E-state index in [1.807, 2.05) is 0 Å². The molecule has 0 spiro atoms. The van der Waals surface area contributed by atoms with Crippen LogP contribution in [-0.2, 0) is 38.0 Å². The van der Waals surface area contributed by atoms with Gasteiger partial charge >= 0.3 is 23.5 Å². The summed E-state index contributed by atoms with van der Waals surface area (Å²) in [6.07, 6.45) is -3.13. The molecule has 8 N–H and O–H groups in total. The van der Waals surface area contributed by atoms with Gasteiger partial charge < -0.3 is 40.3 Å². The van der Waals surface area contributed by atoms with Crippen LogP contribution >= 0.6 is 36.1 Å². The molecule has 0 radical (unpaired) electrons. The van der Waals surface area contributed by atoms with E-state index in [1.54, 1.807) is 0 Å². The zero-order valence-corrected chi connectivity index (χ0v) is 21.7. The van der Waals surface area contributed by atoms with Gasteiger partial charge in [-0.3, -0.25) is 9.09 Å². The van der Waals surface area contributed by atoms with Gasteiger partial charge in [0.2, 0.25) is 0 Å². The summed E-state index contributed by atoms with van der Waals surface area (Å²) >= 11 is 4.16. The van der Waals surface area contributed by atoms with Crippen molar-refractivity contribution in [3.05, 3.63) is 12.2 Å². The van der Waals surface area contributed by atoms with E-state index >= 15 is 0 Å². The van der Waals surface area contributed by atoms with Crippen LogP contribution in [0.3, 0.4) is 0 Å². The summed E-state index contributed by atoms with van der Waals surface area (Å²) in [4.78, 5) is 48.4. The van der Waals surface area contributed by atoms with Crippen molar-refractivity contribution in [1.29, 1.82) is 0 Å². The van der Waals surface area contributed by atoms with Crippen LogP contribution in [0.4, 0.5) is 5.82 Å². The lowest BCUT2D eigenvalue weighted by Gasteiger charge is -2.20. The average molecular weight is 595 g/mol. The number of aliphatic hydroxyl groups excluding tert-OH is 2. The van der Waals surface area contributed by atoms with Gasteiger partial charge in [-0.15, -0.1) is 0 Å². The largest absolute Gasteiger partial charge is 0.490 e. The Bertz CT molecular complexity index is 1230. The molecule has 0 saturated carbocycles. The number of phosphoric ester groups is 1. The lowest BCUT2D eigenvalue weighted by Crippen LogP contribution is -2.34. The minimum Gasteiger partial charge on any atom is -0.387 e. The Morgan fingerprint density at radius 1 is 1.06 bits per heavy atom. The number of hydrogen-bond acceptors (Lipinski definition) is 14. The van der Waals surface area contributed by atoms with Crippen LogP contribution in [-0.4, -0.2) is 80.0 Å². The monoisotopic (exact) mass is 595 g/mol. The van der Waals surface area contributed by atoms with Crippen LogP contribution < -0.4 is 5.73 Å². The maximum absolute atomic E-state index is 12.0. The number of aryl methyl sites for hydroxylation is 1. The molecule has 204 valence electrons. The first-order valence-electron chi connectivity index (χ1n) is 10.0. The first-order valence-corrected chi connectivity index (χ1v) is 15.2. The van der Waals surface area contributed by atoms with E-state index in [0.717, 1.165) is 12.7 Å². The maximum Gasteiger partial charge on any atom is 0.490 e. The minimum absolute atomic E-state index is 0.0615. The molecular weight excluding hydrogens is 571 g/mol. The normalized spacial score (nSPS) is 26.2. The number of thiol groups is 1. The first kappa shape index (κ1) is 29.5. The number of anilines is 1. The van der Waals surface area contributed by atoms with Gasteiger partial charge in [-0.25, -0.2) is 28.6 Å². The van der Waals surface area contributed by atoms with Crippen molar-refractivity contribution in [1.82, 2.24) is 19.5 Å². The van der Waals surface area contributed by atoms with Crippen molar-refractivity contribution in [2.75, 3.05) is 18.1 Å². The summed E-state index contributed by atoms with van der Waals surface area (Å²) in [5.74, 6) is 1.07. The van der Waals surface area contributed by atoms with Gasteiger partial charge in [-0.05, 0) is 18.6 Å². The third kappa shape index (κ3) is 7.30. The molecule has 3 rings (SSSR count). The van der Waals surface area contributed by atoms with Gasteiger partial charge in [0.05, 0.1) is 6.61 Å². The zero-order valence-electron chi connectivity index (χ0n) is 18.1. The van der Waals surface area contributed by atoms with Crippen LogP contribution in [0.2, 0.25) is 0 Å². The summed E-state index contributed by atoms with van der Waals surface area (Å²) in [7, 11) is -16.8. The van der Waals surface area contributed by atoms with Crippen molar-refractivity contribution in [2.45, 2.75) is 43.8 Å². The van der Waals surface area contributed by atoms with E-state index < -0.39 is 54.6 Å². The second kappa shape index (κ2) is 11.4. The molecule has 36 heavy (non-hydrogen) atoms. The van der Waals surface area contributed by atoms with E-state index in [-0.39, 0.29) is 17.0 Å². The number of hydrogen-bond donors (Lipinski definition) is 8. The van der Waals surface area contributed by atoms with E-state index in [1.165, 1.54) is 4.57 Å². The van der Waals surface area contributed by atoms with Crippen LogP contribution in [0.25, 0.3) is 11.2 Å².